The van der Waals surface area contributed by atoms with E-state index >= 15 is 0 Å². The zero-order chi connectivity index (χ0) is 20.8. The molecule has 0 amide bonds. The average Bonchev–Trinajstić information content (AvgIpc) is 2.66. The summed E-state index contributed by atoms with van der Waals surface area (Å²) in [4.78, 5) is 46.6. The Morgan fingerprint density at radius 2 is 1.07 bits per heavy atom. The fourth-order valence-corrected chi connectivity index (χ4v) is 3.20. The molecule has 0 heterocycles. The van der Waals surface area contributed by atoms with Gasteiger partial charge in [-0.1, -0.05) is 12.2 Å². The minimum absolute atomic E-state index is 0.172. The van der Waals surface area contributed by atoms with Crippen molar-refractivity contribution in [2.24, 2.45) is 11.8 Å². The zero-order valence-corrected chi connectivity index (χ0v) is 17.2. The first-order chi connectivity index (χ1) is 13.4. The van der Waals surface area contributed by atoms with Gasteiger partial charge in [-0.05, 0) is 65.2 Å². The van der Waals surface area contributed by atoms with Crippen molar-refractivity contribution >= 4 is 23.5 Å². The molecule has 158 valence electrons. The van der Waals surface area contributed by atoms with Gasteiger partial charge in [0.05, 0.1) is 25.0 Å². The second kappa shape index (κ2) is 14.1. The quantitative estimate of drug-likeness (QED) is 0.252. The zero-order valence-electron chi connectivity index (χ0n) is 17.2. The van der Waals surface area contributed by atoms with E-state index in [-0.39, 0.29) is 23.5 Å². The van der Waals surface area contributed by atoms with Crippen LogP contribution in [0.25, 0.3) is 0 Å². The van der Waals surface area contributed by atoms with Crippen LogP contribution in [-0.2, 0) is 28.7 Å². The minimum Gasteiger partial charge on any atom is -0.465 e. The second-order valence-corrected chi connectivity index (χ2v) is 7.52. The number of ketones is 2. The van der Waals surface area contributed by atoms with Crippen molar-refractivity contribution in [1.82, 2.24) is 0 Å². The van der Waals surface area contributed by atoms with E-state index in [0.29, 0.717) is 38.9 Å². The first kappa shape index (κ1) is 24.1. The van der Waals surface area contributed by atoms with Crippen LogP contribution in [0.4, 0.5) is 0 Å². The van der Waals surface area contributed by atoms with Crippen LogP contribution >= 0.6 is 0 Å². The largest absolute Gasteiger partial charge is 0.465 e. The molecule has 2 atom stereocenters. The Kier molecular flexibility index (Phi) is 12.1. The van der Waals surface area contributed by atoms with Gasteiger partial charge in [0.1, 0.15) is 11.6 Å². The van der Waals surface area contributed by atoms with E-state index in [2.05, 4.69) is 0 Å². The Bertz CT molecular complexity index is 503. The van der Waals surface area contributed by atoms with Crippen molar-refractivity contribution in [3.05, 3.63) is 12.2 Å². The lowest BCUT2D eigenvalue weighted by Gasteiger charge is -2.25. The van der Waals surface area contributed by atoms with Gasteiger partial charge < -0.3 is 19.1 Å². The molecule has 28 heavy (non-hydrogen) atoms. The molecule has 0 fully saturated rings. The van der Waals surface area contributed by atoms with Crippen LogP contribution in [-0.4, -0.2) is 36.7 Å². The summed E-state index contributed by atoms with van der Waals surface area (Å²) in [5.74, 6) is -1.34. The van der Waals surface area contributed by atoms with Crippen molar-refractivity contribution in [1.29, 1.82) is 0 Å². The maximum absolute atomic E-state index is 12.4. The monoisotopic (exact) mass is 394 g/mol. The summed E-state index contributed by atoms with van der Waals surface area (Å²) < 4.78 is 10.7. The molecule has 0 aromatic heterocycles. The predicted octanol–water partition coefficient (Wildman–Crippen LogP) is 3.95. The molecular weight excluding hydrogens is 360 g/mol. The number of Topliss-reactive ketones (excluding diaryl/α,β-unsaturated/α-hetero) is 2. The molecule has 1 rings (SSSR count). The van der Waals surface area contributed by atoms with E-state index in [1.807, 2.05) is 12.2 Å². The Morgan fingerprint density at radius 1 is 0.679 bits per heavy atom. The molecule has 0 spiro atoms. The molecule has 0 bridgehead atoms. The molecule has 6 nitrogen and oxygen atoms in total. The molecule has 0 saturated heterocycles. The number of hydrogen-bond donors (Lipinski definition) is 0. The summed E-state index contributed by atoms with van der Waals surface area (Å²) in [6.07, 6.45) is 10.6. The SMILES string of the molecule is CC(=O)CCCCCOC(=O)C1CC=CCC1C(=O)OCCCCCC(C)=O. The fourth-order valence-electron chi connectivity index (χ4n) is 3.20. The Hall–Kier alpha value is -1.98. The van der Waals surface area contributed by atoms with Gasteiger partial charge in [0, 0.05) is 12.8 Å². The molecule has 1 aliphatic rings. The third-order valence-corrected chi connectivity index (χ3v) is 4.87. The van der Waals surface area contributed by atoms with Crippen LogP contribution in [0.1, 0.15) is 78.1 Å². The van der Waals surface area contributed by atoms with Gasteiger partial charge >= 0.3 is 11.9 Å². The lowest BCUT2D eigenvalue weighted by Crippen LogP contribution is -2.34. The van der Waals surface area contributed by atoms with Crippen molar-refractivity contribution in [2.45, 2.75) is 78.1 Å². The lowest BCUT2D eigenvalue weighted by atomic mass is 9.83. The fraction of sp³-hybridized carbons (Fsp3) is 0.727. The van der Waals surface area contributed by atoms with Gasteiger partial charge in [0.15, 0.2) is 0 Å². The molecule has 0 aromatic carbocycles. The molecule has 6 heteroatoms. The Morgan fingerprint density at radius 3 is 1.43 bits per heavy atom. The highest BCUT2D eigenvalue weighted by Crippen LogP contribution is 2.28. The molecule has 0 N–H and O–H groups in total. The van der Waals surface area contributed by atoms with E-state index in [9.17, 15) is 19.2 Å². The van der Waals surface area contributed by atoms with Gasteiger partial charge in [-0.15, -0.1) is 0 Å². The molecule has 0 radical (unpaired) electrons. The smallest absolute Gasteiger partial charge is 0.310 e. The molecule has 0 aliphatic heterocycles. The van der Waals surface area contributed by atoms with Gasteiger partial charge in [-0.2, -0.15) is 0 Å². The number of carbonyl (C=O) groups is 4. The molecule has 0 saturated carbocycles. The standard InChI is InChI=1S/C22H34O6/c1-17(23)11-5-3-9-15-27-21(25)19-13-7-8-14-20(19)22(26)28-16-10-4-6-12-18(2)24/h7-8,19-20H,3-6,9-16H2,1-2H3. The maximum atomic E-state index is 12.4. The van der Waals surface area contributed by atoms with Crippen LogP contribution in [0.3, 0.4) is 0 Å². The third kappa shape index (κ3) is 10.4. The van der Waals surface area contributed by atoms with Crippen LogP contribution in [0.15, 0.2) is 12.2 Å². The molecular formula is C22H34O6. The summed E-state index contributed by atoms with van der Waals surface area (Å²) in [5.41, 5.74) is 0. The van der Waals surface area contributed by atoms with E-state index < -0.39 is 11.8 Å². The van der Waals surface area contributed by atoms with E-state index in [1.54, 1.807) is 13.8 Å². The molecule has 1 aliphatic carbocycles. The second-order valence-electron chi connectivity index (χ2n) is 7.52. The van der Waals surface area contributed by atoms with Crippen LogP contribution in [0.2, 0.25) is 0 Å². The number of ether oxygens (including phenoxy) is 2. The summed E-state index contributed by atoms with van der Waals surface area (Å²) in [7, 11) is 0. The summed E-state index contributed by atoms with van der Waals surface area (Å²) in [6.45, 7) is 3.77. The first-order valence-electron chi connectivity index (χ1n) is 10.4. The van der Waals surface area contributed by atoms with Gasteiger partial charge in [0.25, 0.3) is 0 Å². The topological polar surface area (TPSA) is 86.7 Å². The number of hydrogen-bond acceptors (Lipinski definition) is 6. The van der Waals surface area contributed by atoms with Gasteiger partial charge in [-0.3, -0.25) is 9.59 Å². The van der Waals surface area contributed by atoms with Crippen LogP contribution < -0.4 is 0 Å². The van der Waals surface area contributed by atoms with Crippen molar-refractivity contribution in [2.75, 3.05) is 13.2 Å². The third-order valence-electron chi connectivity index (χ3n) is 4.87. The van der Waals surface area contributed by atoms with Crippen LogP contribution in [0.5, 0.6) is 0 Å². The number of allylic oxidation sites excluding steroid dienone is 2. The van der Waals surface area contributed by atoms with E-state index in [0.717, 1.165) is 38.5 Å². The van der Waals surface area contributed by atoms with E-state index in [4.69, 9.17) is 9.47 Å². The number of carbonyl (C=O) groups excluding carboxylic acids is 4. The molecule has 0 aromatic rings. The van der Waals surface area contributed by atoms with Gasteiger partial charge in [-0.25, -0.2) is 0 Å². The highest BCUT2D eigenvalue weighted by atomic mass is 16.5. The summed E-state index contributed by atoms with van der Waals surface area (Å²) in [6, 6.07) is 0. The van der Waals surface area contributed by atoms with Crippen LogP contribution in [0, 0.1) is 11.8 Å². The number of esters is 2. The van der Waals surface area contributed by atoms with Crippen molar-refractivity contribution < 1.29 is 28.7 Å². The summed E-state index contributed by atoms with van der Waals surface area (Å²) >= 11 is 0. The normalized spacial score (nSPS) is 18.5. The van der Waals surface area contributed by atoms with Gasteiger partial charge in [0.2, 0.25) is 0 Å². The Balaban J connectivity index is 2.30. The average molecular weight is 395 g/mol. The van der Waals surface area contributed by atoms with E-state index in [1.165, 1.54) is 0 Å². The number of unbranched alkanes of at least 4 members (excludes halogenated alkanes) is 4. The maximum Gasteiger partial charge on any atom is 0.310 e. The molecule has 2 unspecified atom stereocenters. The predicted molar refractivity (Wildman–Crippen MR) is 106 cm³/mol. The lowest BCUT2D eigenvalue weighted by molar-refractivity contribution is -0.161. The summed E-state index contributed by atoms with van der Waals surface area (Å²) in [5, 5.41) is 0. The number of rotatable bonds is 14. The Labute approximate surface area is 168 Å². The van der Waals surface area contributed by atoms with Crippen molar-refractivity contribution in [3.8, 4) is 0 Å². The first-order valence-corrected chi connectivity index (χ1v) is 10.4. The highest BCUT2D eigenvalue weighted by molar-refractivity contribution is 5.82. The highest BCUT2D eigenvalue weighted by Gasteiger charge is 2.36. The van der Waals surface area contributed by atoms with Crippen molar-refractivity contribution in [3.63, 3.8) is 0 Å². The minimum atomic E-state index is -0.493.